The van der Waals surface area contributed by atoms with E-state index < -0.39 is 81.0 Å². The molecule has 47 heavy (non-hydrogen) atoms. The number of nitrogens with one attached hydrogen (secondary N) is 1. The third-order valence-corrected chi connectivity index (χ3v) is 15.6. The maximum atomic E-state index is 14.0. The van der Waals surface area contributed by atoms with Crippen molar-refractivity contribution < 1.29 is 40.4 Å². The van der Waals surface area contributed by atoms with Gasteiger partial charge in [0.05, 0.1) is 12.7 Å². The Morgan fingerprint density at radius 2 is 1.17 bits per heavy atom. The van der Waals surface area contributed by atoms with Crippen LogP contribution in [0.5, 0.6) is 0 Å². The van der Waals surface area contributed by atoms with Gasteiger partial charge in [-0.1, -0.05) is 81.4 Å². The standard InChI is InChI=1S/C33H54F3NO6Si4/c1-32(2,3)47(24-19-15-13-16-20-24,25-21-17-14-18-22-25)43-30-27(37-31(38)33(34,35)36)29(42-46(10,11)12)28(41-45(7,8)9)26(40-30)23-39-44(4,5)6/h13-22,26-30H,23H2,1-12H3,(H,37,38)/t26-,27-,28-,29-,30+/m1/s1. The molecule has 0 aliphatic carbocycles. The summed E-state index contributed by atoms with van der Waals surface area (Å²) in [6.45, 7) is 24.4. The summed E-state index contributed by atoms with van der Waals surface area (Å²) in [5.41, 5.74) is 0. The zero-order chi connectivity index (χ0) is 35.6. The lowest BCUT2D eigenvalue weighted by molar-refractivity contribution is -0.242. The Morgan fingerprint density at radius 1 is 0.723 bits per heavy atom. The normalized spacial score (nSPS) is 23.4. The lowest BCUT2D eigenvalue weighted by Crippen LogP contribution is -2.74. The van der Waals surface area contributed by atoms with Crippen molar-refractivity contribution in [1.82, 2.24) is 5.32 Å². The van der Waals surface area contributed by atoms with E-state index in [9.17, 15) is 18.0 Å². The van der Waals surface area contributed by atoms with Crippen LogP contribution in [0, 0.1) is 0 Å². The molecule has 1 fully saturated rings. The molecule has 1 amide bonds. The number of rotatable bonds is 12. The zero-order valence-electron chi connectivity index (χ0n) is 30.0. The monoisotopic (exact) mass is 729 g/mol. The SMILES string of the molecule is CC(C)(C)[Si](O[C@@H]1O[C@H](CO[Si](C)(C)C)[C@@H](O[Si](C)(C)C)[C@H](O[Si](C)(C)C)[C@H]1NC(=O)C(F)(F)F)(c1ccccc1)c1ccccc1. The highest BCUT2D eigenvalue weighted by atomic mass is 28.4. The van der Waals surface area contributed by atoms with E-state index in [1.165, 1.54) is 0 Å². The van der Waals surface area contributed by atoms with Gasteiger partial charge in [-0.05, 0) is 74.3 Å². The molecule has 2 aromatic rings. The highest BCUT2D eigenvalue weighted by Crippen LogP contribution is 2.41. The van der Waals surface area contributed by atoms with Crippen molar-refractivity contribution in [2.45, 2.75) is 122 Å². The van der Waals surface area contributed by atoms with E-state index in [2.05, 4.69) is 45.7 Å². The van der Waals surface area contributed by atoms with Crippen LogP contribution >= 0.6 is 0 Å². The van der Waals surface area contributed by atoms with Crippen LogP contribution in [-0.4, -0.2) is 82.6 Å². The van der Waals surface area contributed by atoms with Crippen LogP contribution in [0.4, 0.5) is 13.2 Å². The summed E-state index contributed by atoms with van der Waals surface area (Å²) in [5.74, 6) is -2.09. The Hall–Kier alpha value is -1.63. The van der Waals surface area contributed by atoms with Crippen molar-refractivity contribution in [1.29, 1.82) is 0 Å². The lowest BCUT2D eigenvalue weighted by atomic mass is 9.97. The number of benzene rings is 2. The molecular weight excluding hydrogens is 676 g/mol. The molecule has 0 saturated carbocycles. The molecule has 0 unspecified atom stereocenters. The summed E-state index contributed by atoms with van der Waals surface area (Å²) in [7, 11) is -10.3. The van der Waals surface area contributed by atoms with Crippen LogP contribution in [0.15, 0.2) is 60.7 Å². The first kappa shape index (κ1) is 39.8. The predicted octanol–water partition coefficient (Wildman–Crippen LogP) is 6.63. The smallest absolute Gasteiger partial charge is 0.415 e. The minimum Gasteiger partial charge on any atom is -0.415 e. The summed E-state index contributed by atoms with van der Waals surface area (Å²) < 4.78 is 75.9. The van der Waals surface area contributed by atoms with E-state index in [1.54, 1.807) is 0 Å². The number of hydrogen-bond acceptors (Lipinski definition) is 6. The van der Waals surface area contributed by atoms with Gasteiger partial charge in [0.1, 0.15) is 18.2 Å². The quantitative estimate of drug-likeness (QED) is 0.248. The van der Waals surface area contributed by atoms with Crippen LogP contribution in [0.1, 0.15) is 20.8 Å². The van der Waals surface area contributed by atoms with E-state index in [0.29, 0.717) is 0 Å². The molecule has 1 heterocycles. The number of hydrogen-bond donors (Lipinski definition) is 1. The summed E-state index contributed by atoms with van der Waals surface area (Å²) in [5, 5.41) is 3.59. The number of amides is 1. The topological polar surface area (TPSA) is 75.2 Å². The molecule has 3 rings (SSSR count). The van der Waals surface area contributed by atoms with Gasteiger partial charge in [0.25, 0.3) is 8.32 Å². The van der Waals surface area contributed by atoms with Crippen molar-refractivity contribution >= 4 is 49.6 Å². The molecule has 264 valence electrons. The van der Waals surface area contributed by atoms with Gasteiger partial charge < -0.3 is 27.8 Å². The number of halogens is 3. The van der Waals surface area contributed by atoms with Gasteiger partial charge in [-0.25, -0.2) is 0 Å². The van der Waals surface area contributed by atoms with Crippen LogP contribution in [0.3, 0.4) is 0 Å². The van der Waals surface area contributed by atoms with Gasteiger partial charge >= 0.3 is 12.1 Å². The molecular formula is C33H54F3NO6Si4. The largest absolute Gasteiger partial charge is 0.471 e. The van der Waals surface area contributed by atoms with Crippen molar-refractivity contribution in [3.05, 3.63) is 60.7 Å². The fraction of sp³-hybridized carbons (Fsp3) is 0.606. The molecule has 1 aliphatic rings. The minimum absolute atomic E-state index is 0.136. The van der Waals surface area contributed by atoms with Gasteiger partial charge in [-0.2, -0.15) is 13.2 Å². The Balaban J connectivity index is 2.34. The second kappa shape index (κ2) is 14.7. The molecule has 1 N–H and O–H groups in total. The van der Waals surface area contributed by atoms with Gasteiger partial charge in [0.15, 0.2) is 31.2 Å². The Labute approximate surface area is 283 Å². The summed E-state index contributed by atoms with van der Waals surface area (Å²) in [6.07, 6.45) is -9.03. The third kappa shape index (κ3) is 10.7. The average Bonchev–Trinajstić information content (AvgIpc) is 2.91. The Bertz CT molecular complexity index is 1270. The Kier molecular flexibility index (Phi) is 12.4. The van der Waals surface area contributed by atoms with Crippen molar-refractivity contribution in [3.63, 3.8) is 0 Å². The van der Waals surface area contributed by atoms with E-state index in [-0.39, 0.29) is 6.61 Å². The van der Waals surface area contributed by atoms with Crippen molar-refractivity contribution in [2.75, 3.05) is 6.61 Å². The lowest BCUT2D eigenvalue weighted by Gasteiger charge is -2.53. The van der Waals surface area contributed by atoms with Crippen LogP contribution in [-0.2, 0) is 27.2 Å². The molecule has 2 aromatic carbocycles. The van der Waals surface area contributed by atoms with Crippen molar-refractivity contribution in [3.8, 4) is 0 Å². The first-order valence-corrected chi connectivity index (χ1v) is 28.3. The maximum absolute atomic E-state index is 14.0. The minimum atomic E-state index is -5.14. The summed E-state index contributed by atoms with van der Waals surface area (Å²) >= 11 is 0. The zero-order valence-corrected chi connectivity index (χ0v) is 34.0. The molecule has 1 saturated heterocycles. The molecule has 0 aromatic heterocycles. The molecule has 5 atom stereocenters. The number of carbonyl (C=O) groups excluding carboxylic acids is 1. The van der Waals surface area contributed by atoms with E-state index in [0.717, 1.165) is 10.4 Å². The molecule has 1 aliphatic heterocycles. The number of carbonyl (C=O) groups is 1. The fourth-order valence-electron chi connectivity index (χ4n) is 5.82. The van der Waals surface area contributed by atoms with Gasteiger partial charge in [0.2, 0.25) is 0 Å². The van der Waals surface area contributed by atoms with Crippen molar-refractivity contribution in [2.24, 2.45) is 0 Å². The molecule has 14 heteroatoms. The van der Waals surface area contributed by atoms with Gasteiger partial charge in [-0.3, -0.25) is 4.79 Å². The fourth-order valence-corrected chi connectivity index (χ4v) is 13.3. The number of ether oxygens (including phenoxy) is 1. The Morgan fingerprint density at radius 3 is 1.55 bits per heavy atom. The summed E-state index contributed by atoms with van der Waals surface area (Å²) in [6, 6.07) is 18.2. The highest BCUT2D eigenvalue weighted by Gasteiger charge is 2.58. The van der Waals surface area contributed by atoms with Crippen LogP contribution in [0.25, 0.3) is 0 Å². The predicted molar refractivity (Wildman–Crippen MR) is 191 cm³/mol. The first-order valence-electron chi connectivity index (χ1n) is 16.2. The molecule has 0 radical (unpaired) electrons. The number of alkyl halides is 3. The second-order valence-electron chi connectivity index (χ2n) is 16.1. The molecule has 0 spiro atoms. The molecule has 7 nitrogen and oxygen atoms in total. The van der Waals surface area contributed by atoms with Crippen LogP contribution < -0.4 is 15.7 Å². The van der Waals surface area contributed by atoms with Crippen LogP contribution in [0.2, 0.25) is 64.0 Å². The van der Waals surface area contributed by atoms with Gasteiger partial charge in [-0.15, -0.1) is 0 Å². The summed E-state index contributed by atoms with van der Waals surface area (Å²) in [4.78, 5) is 12.8. The van der Waals surface area contributed by atoms with E-state index >= 15 is 0 Å². The van der Waals surface area contributed by atoms with E-state index in [1.807, 2.05) is 99.9 Å². The maximum Gasteiger partial charge on any atom is 0.471 e. The highest BCUT2D eigenvalue weighted by molar-refractivity contribution is 6.99. The molecule has 0 bridgehead atoms. The third-order valence-electron chi connectivity index (χ3n) is 7.57. The first-order chi connectivity index (χ1) is 21.3. The second-order valence-corrected chi connectivity index (χ2v) is 33.8. The van der Waals surface area contributed by atoms with E-state index in [4.69, 9.17) is 22.4 Å². The van der Waals surface area contributed by atoms with Gasteiger partial charge in [0, 0.05) is 0 Å². The average molecular weight is 730 g/mol.